The minimum Gasteiger partial charge on any atom is -0.360 e. The normalized spacial score (nSPS) is 10.5. The van der Waals surface area contributed by atoms with Gasteiger partial charge in [-0.2, -0.15) is 35.7 Å². The molecule has 0 unspecified atom stereocenters. The summed E-state index contributed by atoms with van der Waals surface area (Å²) in [5.74, 6) is 0. The molecular formula is C56H56N24. The van der Waals surface area contributed by atoms with Crippen molar-refractivity contribution in [2.45, 2.75) is 55.4 Å². The van der Waals surface area contributed by atoms with Gasteiger partial charge in [-0.3, -0.25) is 55.6 Å². The van der Waals surface area contributed by atoms with Crippen molar-refractivity contribution in [1.82, 2.24) is 121 Å². The Hall–Kier alpha value is -11.0. The molecule has 0 bridgehead atoms. The molecule has 80 heavy (non-hydrogen) atoms. The summed E-state index contributed by atoms with van der Waals surface area (Å²) in [5.41, 5.74) is 17.6. The third-order valence-electron chi connectivity index (χ3n) is 12.2. The van der Waals surface area contributed by atoms with Gasteiger partial charge in [0.2, 0.25) is 0 Å². The summed E-state index contributed by atoms with van der Waals surface area (Å²) in [7, 11) is 0. The smallest absolute Gasteiger partial charge is 0.199 e. The van der Waals surface area contributed by atoms with Gasteiger partial charge >= 0.3 is 0 Å². The number of H-pyrrole nitrogens is 8. The largest absolute Gasteiger partial charge is 0.360 e. The van der Waals surface area contributed by atoms with E-state index >= 15 is 0 Å². The Balaban J connectivity index is 0.000000111. The van der Waals surface area contributed by atoms with Crippen LogP contribution in [0.5, 0.6) is 0 Å². The van der Waals surface area contributed by atoms with Crippen LogP contribution in [0.25, 0.3) is 87.9 Å². The lowest BCUT2D eigenvalue weighted by Crippen LogP contribution is -1.77. The molecule has 24 heteroatoms. The summed E-state index contributed by atoms with van der Waals surface area (Å²) in [6.45, 7) is 15.9. The number of aryl methyl sites for hydroxylation is 8. The van der Waals surface area contributed by atoms with Gasteiger partial charge in [-0.1, -0.05) is 18.2 Å². The van der Waals surface area contributed by atoms with E-state index in [2.05, 4.69) is 140 Å². The van der Waals surface area contributed by atoms with Crippen LogP contribution in [-0.2, 0) is 0 Å². The van der Waals surface area contributed by atoms with Crippen molar-refractivity contribution in [2.24, 2.45) is 0 Å². The highest BCUT2D eigenvalue weighted by Crippen LogP contribution is 2.17. The molecule has 24 nitrogen and oxygen atoms in total. The van der Waals surface area contributed by atoms with E-state index in [4.69, 9.17) is 0 Å². The summed E-state index contributed by atoms with van der Waals surface area (Å²) in [4.78, 5) is 39.2. The number of pyridine rings is 5. The number of aromatic nitrogens is 24. The number of rotatable bonds is 0. The van der Waals surface area contributed by atoms with E-state index < -0.39 is 0 Å². The number of nitrogens with zero attached hydrogens (tertiary/aromatic N) is 16. The SMILES string of the molecule is Cc1[nH]nc2ccccc12.Cc1[nH]nc2cccnc12.Cc1[nH]nc2ccncc12.Cc1[nH]nc2cnccc12.Cc1[nH]nc2ncccc12.Cc1[nH]nc2nccnc12.Cc1[nH]nc2ncncc12.Cc1cncc2[nH]ccc12. The average Bonchev–Trinajstić information content (AvgIpc) is 4.42. The minimum atomic E-state index is 0.681. The monoisotopic (exact) mass is 1060 g/mol. The lowest BCUT2D eigenvalue weighted by Gasteiger charge is -1.91. The summed E-state index contributed by atoms with van der Waals surface area (Å²) >= 11 is 0. The summed E-state index contributed by atoms with van der Waals surface area (Å²) in [6, 6.07) is 21.7. The predicted octanol–water partition coefficient (Wildman–Crippen LogP) is 10.1. The molecule has 16 aromatic rings. The average molecular weight is 1070 g/mol. The Morgan fingerprint density at radius 1 is 0.300 bits per heavy atom. The summed E-state index contributed by atoms with van der Waals surface area (Å²) < 4.78 is 0. The first kappa shape index (κ1) is 53.8. The van der Waals surface area contributed by atoms with Crippen molar-refractivity contribution < 1.29 is 0 Å². The fourth-order valence-electron chi connectivity index (χ4n) is 7.88. The number of fused-ring (bicyclic) bond motifs is 8. The number of aromatic amines is 8. The second kappa shape index (κ2) is 25.7. The van der Waals surface area contributed by atoms with Crippen LogP contribution in [0.3, 0.4) is 0 Å². The van der Waals surface area contributed by atoms with Crippen LogP contribution in [0.4, 0.5) is 0 Å². The van der Waals surface area contributed by atoms with Crippen molar-refractivity contribution in [3.8, 4) is 0 Å². The van der Waals surface area contributed by atoms with Crippen LogP contribution in [0, 0.1) is 55.4 Å². The predicted molar refractivity (Wildman–Crippen MR) is 309 cm³/mol. The van der Waals surface area contributed by atoms with Gasteiger partial charge in [0, 0.05) is 117 Å². The van der Waals surface area contributed by atoms with Crippen molar-refractivity contribution in [3.63, 3.8) is 0 Å². The van der Waals surface area contributed by atoms with E-state index in [0.29, 0.717) is 5.65 Å². The zero-order valence-corrected chi connectivity index (χ0v) is 45.0. The summed E-state index contributed by atoms with van der Waals surface area (Å²) in [5, 5.41) is 54.9. The lowest BCUT2D eigenvalue weighted by atomic mass is 10.2. The van der Waals surface area contributed by atoms with Crippen LogP contribution in [0.1, 0.15) is 45.4 Å². The van der Waals surface area contributed by atoms with E-state index in [1.165, 1.54) is 22.7 Å². The van der Waals surface area contributed by atoms with Crippen LogP contribution >= 0.6 is 0 Å². The molecule has 0 aliphatic carbocycles. The molecule has 400 valence electrons. The van der Waals surface area contributed by atoms with Crippen molar-refractivity contribution >= 4 is 87.9 Å². The molecular weight excluding hydrogens is 1010 g/mol. The molecule has 0 spiro atoms. The third kappa shape index (κ3) is 13.1. The molecule has 0 radical (unpaired) electrons. The molecule has 0 amide bonds. The molecule has 15 heterocycles. The van der Waals surface area contributed by atoms with E-state index in [0.717, 1.165) is 111 Å². The maximum atomic E-state index is 4.15. The second-order valence-electron chi connectivity index (χ2n) is 17.9. The first-order valence-corrected chi connectivity index (χ1v) is 25.0. The maximum absolute atomic E-state index is 4.15. The molecule has 1 aromatic carbocycles. The van der Waals surface area contributed by atoms with Gasteiger partial charge in [0.05, 0.1) is 45.7 Å². The second-order valence-corrected chi connectivity index (χ2v) is 17.9. The zero-order chi connectivity index (χ0) is 55.8. The maximum Gasteiger partial charge on any atom is 0.199 e. The standard InChI is InChI=1S/2C8H8N2.4C7H7N3.2C6H6N4/c1-6-4-9-5-8-7(6)2-3-10-8;1-6-7-4-2-3-5-8(7)10-9-6;1-5-6-4-8-3-2-7(6)10-9-5;1-5-6-2-3-8-4-7(6)10-9-5;1-5-7-6(10-9-5)3-2-4-8-7;1-5-6-3-2-4-8-7(6)10-9-5;1-4-5-2-7-3-8-6(5)10-9-4;1-4-5-6(10-9-4)8-3-2-7-5/h2-5,10H,1H3;2-5H,1H3,(H,9,10);3*2-4H,1H3,(H,9,10);2-4H,1H3,(H,8,9,10);2-3H,1H3,(H,7,8,9,10);2-3H,1H3,(H,8,9,10). The quantitative estimate of drug-likeness (QED) is 0.0700. The highest BCUT2D eigenvalue weighted by atomic mass is 15.2. The number of hydrogen-bond donors (Lipinski definition) is 8. The van der Waals surface area contributed by atoms with Gasteiger partial charge in [0.15, 0.2) is 16.9 Å². The fourth-order valence-corrected chi connectivity index (χ4v) is 7.88. The summed E-state index contributed by atoms with van der Waals surface area (Å²) in [6.07, 6.45) is 22.7. The minimum absolute atomic E-state index is 0.681. The van der Waals surface area contributed by atoms with E-state index in [-0.39, 0.29) is 0 Å². The number of benzene rings is 1. The lowest BCUT2D eigenvalue weighted by molar-refractivity contribution is 1.05. The highest BCUT2D eigenvalue weighted by Gasteiger charge is 2.03. The number of hydrogen-bond acceptors (Lipinski definition) is 16. The Kier molecular flexibility index (Phi) is 17.3. The molecule has 8 N–H and O–H groups in total. The van der Waals surface area contributed by atoms with E-state index in [9.17, 15) is 0 Å². The van der Waals surface area contributed by atoms with Gasteiger partial charge < -0.3 is 4.98 Å². The van der Waals surface area contributed by atoms with Gasteiger partial charge in [-0.05, 0) is 109 Å². The van der Waals surface area contributed by atoms with E-state index in [1.54, 1.807) is 49.6 Å². The Morgan fingerprint density at radius 2 is 0.825 bits per heavy atom. The van der Waals surface area contributed by atoms with Crippen molar-refractivity contribution in [2.75, 3.05) is 0 Å². The van der Waals surface area contributed by atoms with E-state index in [1.807, 2.05) is 128 Å². The fraction of sp³-hybridized carbons (Fsp3) is 0.143. The molecule has 16 rings (SSSR count). The molecule has 15 aromatic heterocycles. The van der Waals surface area contributed by atoms with Crippen molar-refractivity contribution in [3.05, 3.63) is 193 Å². The van der Waals surface area contributed by atoms with Crippen LogP contribution in [-0.4, -0.2) is 121 Å². The van der Waals surface area contributed by atoms with Gasteiger partial charge in [-0.25, -0.2) is 24.9 Å². The zero-order valence-electron chi connectivity index (χ0n) is 45.0. The Labute approximate surface area is 455 Å². The van der Waals surface area contributed by atoms with Crippen LogP contribution < -0.4 is 0 Å². The molecule has 0 fully saturated rings. The van der Waals surface area contributed by atoms with Crippen molar-refractivity contribution in [1.29, 1.82) is 0 Å². The number of nitrogens with one attached hydrogen (secondary N) is 8. The molecule has 0 aliphatic heterocycles. The first-order chi connectivity index (χ1) is 39.0. The first-order valence-electron chi connectivity index (χ1n) is 25.0. The van der Waals surface area contributed by atoms with Gasteiger partial charge in [0.25, 0.3) is 0 Å². The Bertz CT molecular complexity index is 3810. The molecule has 0 saturated heterocycles. The molecule has 0 aliphatic rings. The van der Waals surface area contributed by atoms with Gasteiger partial charge in [-0.15, -0.1) is 0 Å². The van der Waals surface area contributed by atoms with Crippen LogP contribution in [0.15, 0.2) is 147 Å². The molecule has 0 saturated carbocycles. The van der Waals surface area contributed by atoms with Gasteiger partial charge in [0.1, 0.15) is 28.4 Å². The topological polar surface area (TPSA) is 333 Å². The van der Waals surface area contributed by atoms with Crippen LogP contribution in [0.2, 0.25) is 0 Å². The third-order valence-corrected chi connectivity index (χ3v) is 12.2. The molecule has 0 atom stereocenters. The Morgan fingerprint density at radius 3 is 1.55 bits per heavy atom. The highest BCUT2D eigenvalue weighted by molar-refractivity contribution is 5.83. The number of para-hydroxylation sites is 1.